The van der Waals surface area contributed by atoms with Crippen LogP contribution in [0.3, 0.4) is 0 Å². The molecule has 1 saturated heterocycles. The van der Waals surface area contributed by atoms with E-state index in [1.807, 2.05) is 11.8 Å². The first-order valence-corrected chi connectivity index (χ1v) is 10.7. The summed E-state index contributed by atoms with van der Waals surface area (Å²) in [4.78, 5) is 23.1. The molecule has 8 heteroatoms. The molecule has 3 rings (SSSR count). The highest BCUT2D eigenvalue weighted by Gasteiger charge is 2.31. The second-order valence-electron chi connectivity index (χ2n) is 7.11. The number of carbonyl (C=O) groups excluding carboxylic acids is 1. The van der Waals surface area contributed by atoms with E-state index < -0.39 is 9.84 Å². The zero-order valence-electron chi connectivity index (χ0n) is 14.9. The highest BCUT2D eigenvalue weighted by atomic mass is 32.2. The monoisotopic (exact) mass is 366 g/mol. The van der Waals surface area contributed by atoms with Gasteiger partial charge in [-0.05, 0) is 51.6 Å². The third-order valence-electron chi connectivity index (χ3n) is 5.10. The number of aromatic nitrogens is 2. The molecule has 7 nitrogen and oxygen atoms in total. The fraction of sp³-hybridized carbons (Fsp3) is 0.706. The molecule has 0 saturated carbocycles. The highest BCUT2D eigenvalue weighted by molar-refractivity contribution is 7.91. The van der Waals surface area contributed by atoms with Crippen LogP contribution >= 0.6 is 0 Å². The Labute approximate surface area is 149 Å². The van der Waals surface area contributed by atoms with Gasteiger partial charge in [0.25, 0.3) is 0 Å². The number of fused-ring (bicyclic) bond motifs is 1. The van der Waals surface area contributed by atoms with Crippen molar-refractivity contribution in [3.63, 3.8) is 0 Å². The van der Waals surface area contributed by atoms with Gasteiger partial charge in [-0.2, -0.15) is 0 Å². The Hall–Kier alpha value is -1.54. The van der Waals surface area contributed by atoms with Gasteiger partial charge in [-0.25, -0.2) is 18.4 Å². The third kappa shape index (κ3) is 4.55. The molecule has 0 radical (unpaired) electrons. The lowest BCUT2D eigenvalue weighted by Crippen LogP contribution is -2.41. The van der Waals surface area contributed by atoms with Crippen LogP contribution < -0.4 is 5.32 Å². The molecule has 0 aromatic carbocycles. The standard InChI is InChI=1S/C17H26N4O3S/c1-12-14-5-3-4-6-15(14)20-16(19-12)9-18-17(22)10-21(2)13-7-8-25(23,24)11-13/h13H,3-11H2,1-2H3,(H,18,22)/t13-/m1/s1. The summed E-state index contributed by atoms with van der Waals surface area (Å²) in [6.45, 7) is 2.50. The van der Waals surface area contributed by atoms with Crippen LogP contribution in [-0.2, 0) is 34.0 Å². The van der Waals surface area contributed by atoms with Gasteiger partial charge in [0, 0.05) is 17.4 Å². The van der Waals surface area contributed by atoms with Gasteiger partial charge in [0.1, 0.15) is 5.82 Å². The largest absolute Gasteiger partial charge is 0.348 e. The zero-order chi connectivity index (χ0) is 18.0. The Morgan fingerprint density at radius 2 is 2.04 bits per heavy atom. The van der Waals surface area contributed by atoms with Gasteiger partial charge in [0.05, 0.1) is 24.6 Å². The molecule has 0 unspecified atom stereocenters. The van der Waals surface area contributed by atoms with Crippen molar-refractivity contribution in [1.29, 1.82) is 0 Å². The van der Waals surface area contributed by atoms with Gasteiger partial charge < -0.3 is 5.32 Å². The summed E-state index contributed by atoms with van der Waals surface area (Å²) in [6, 6.07) is -0.0713. The van der Waals surface area contributed by atoms with Crippen molar-refractivity contribution < 1.29 is 13.2 Å². The quantitative estimate of drug-likeness (QED) is 0.811. The zero-order valence-corrected chi connectivity index (χ0v) is 15.7. The van der Waals surface area contributed by atoms with Gasteiger partial charge in [0.15, 0.2) is 9.84 Å². The minimum absolute atomic E-state index is 0.0713. The first-order chi connectivity index (χ1) is 11.8. The third-order valence-corrected chi connectivity index (χ3v) is 6.85. The van der Waals surface area contributed by atoms with Crippen LogP contribution in [0.4, 0.5) is 0 Å². The molecular weight excluding hydrogens is 340 g/mol. The van der Waals surface area contributed by atoms with Crippen molar-refractivity contribution in [3.8, 4) is 0 Å². The Balaban J connectivity index is 1.53. The van der Waals surface area contributed by atoms with Gasteiger partial charge in [-0.3, -0.25) is 9.69 Å². The summed E-state index contributed by atoms with van der Waals surface area (Å²) in [5.41, 5.74) is 3.40. The molecule has 1 aromatic rings. The van der Waals surface area contributed by atoms with Gasteiger partial charge in [-0.15, -0.1) is 0 Å². The van der Waals surface area contributed by atoms with Crippen LogP contribution in [0.2, 0.25) is 0 Å². The van der Waals surface area contributed by atoms with Crippen LogP contribution in [0.25, 0.3) is 0 Å². The van der Waals surface area contributed by atoms with Crippen molar-refractivity contribution in [2.75, 3.05) is 25.1 Å². The number of likely N-dealkylation sites (N-methyl/N-ethyl adjacent to an activating group) is 1. The molecule has 25 heavy (non-hydrogen) atoms. The SMILES string of the molecule is Cc1nc(CNC(=O)CN(C)[C@@H]2CCS(=O)(=O)C2)nc2c1CCCC2. The van der Waals surface area contributed by atoms with E-state index in [-0.39, 0.29) is 30.0 Å². The number of nitrogens with zero attached hydrogens (tertiary/aromatic N) is 3. The minimum Gasteiger partial charge on any atom is -0.348 e. The Morgan fingerprint density at radius 3 is 2.76 bits per heavy atom. The van der Waals surface area contributed by atoms with Crippen LogP contribution in [0.15, 0.2) is 0 Å². The second kappa shape index (κ2) is 7.37. The molecule has 1 fully saturated rings. The lowest BCUT2D eigenvalue weighted by molar-refractivity contribution is -0.122. The molecule has 1 aliphatic heterocycles. The Kier molecular flexibility index (Phi) is 5.38. The van der Waals surface area contributed by atoms with Crippen LogP contribution in [0.1, 0.15) is 42.0 Å². The topological polar surface area (TPSA) is 92.3 Å². The van der Waals surface area contributed by atoms with Gasteiger partial charge in [-0.1, -0.05) is 0 Å². The smallest absolute Gasteiger partial charge is 0.234 e. The van der Waals surface area contributed by atoms with Gasteiger partial charge in [0.2, 0.25) is 5.91 Å². The molecule has 138 valence electrons. The lowest BCUT2D eigenvalue weighted by Gasteiger charge is -2.22. The van der Waals surface area contributed by atoms with Crippen LogP contribution in [0.5, 0.6) is 0 Å². The van der Waals surface area contributed by atoms with Crippen molar-refractivity contribution in [1.82, 2.24) is 20.2 Å². The van der Waals surface area contributed by atoms with Crippen molar-refractivity contribution in [2.45, 2.75) is 51.6 Å². The number of hydrogen-bond donors (Lipinski definition) is 1. The summed E-state index contributed by atoms with van der Waals surface area (Å²) < 4.78 is 23.1. The number of carbonyl (C=O) groups is 1. The number of sulfone groups is 1. The van der Waals surface area contributed by atoms with E-state index in [4.69, 9.17) is 0 Å². The van der Waals surface area contributed by atoms with E-state index in [1.54, 1.807) is 7.05 Å². The maximum Gasteiger partial charge on any atom is 0.234 e. The fourth-order valence-corrected chi connectivity index (χ4v) is 5.44. The number of hydrogen-bond acceptors (Lipinski definition) is 6. The number of aryl methyl sites for hydroxylation is 2. The van der Waals surface area contributed by atoms with Crippen LogP contribution in [-0.4, -0.2) is 60.3 Å². The summed E-state index contributed by atoms with van der Waals surface area (Å²) in [5.74, 6) is 0.874. The summed E-state index contributed by atoms with van der Waals surface area (Å²) in [5, 5.41) is 2.85. The molecule has 1 N–H and O–H groups in total. The maximum atomic E-state index is 12.2. The molecule has 2 aliphatic rings. The molecule has 1 aliphatic carbocycles. The Morgan fingerprint density at radius 1 is 1.28 bits per heavy atom. The highest BCUT2D eigenvalue weighted by Crippen LogP contribution is 2.21. The maximum absolute atomic E-state index is 12.2. The van der Waals surface area contributed by atoms with Crippen LogP contribution in [0, 0.1) is 6.92 Å². The number of amides is 1. The summed E-state index contributed by atoms with van der Waals surface area (Å²) in [7, 11) is -1.14. The molecule has 1 atom stereocenters. The molecule has 0 spiro atoms. The van der Waals surface area contributed by atoms with E-state index >= 15 is 0 Å². The molecule has 1 aromatic heterocycles. The van der Waals surface area contributed by atoms with Crippen molar-refractivity contribution in [3.05, 3.63) is 22.8 Å². The predicted molar refractivity (Wildman–Crippen MR) is 94.9 cm³/mol. The van der Waals surface area contributed by atoms with E-state index in [0.29, 0.717) is 18.8 Å². The summed E-state index contributed by atoms with van der Waals surface area (Å²) >= 11 is 0. The van der Waals surface area contributed by atoms with E-state index in [2.05, 4.69) is 15.3 Å². The first-order valence-electron chi connectivity index (χ1n) is 8.87. The van der Waals surface area contributed by atoms with E-state index in [9.17, 15) is 13.2 Å². The molecular formula is C17H26N4O3S. The lowest BCUT2D eigenvalue weighted by atomic mass is 9.95. The molecule has 2 heterocycles. The second-order valence-corrected chi connectivity index (χ2v) is 9.34. The normalized spacial score (nSPS) is 22.0. The number of rotatable bonds is 5. The molecule has 0 bridgehead atoms. The van der Waals surface area contributed by atoms with Gasteiger partial charge >= 0.3 is 0 Å². The average molecular weight is 366 g/mol. The van der Waals surface area contributed by atoms with Crippen molar-refractivity contribution >= 4 is 15.7 Å². The number of nitrogens with one attached hydrogen (secondary N) is 1. The first kappa shape index (κ1) is 18.3. The minimum atomic E-state index is -2.94. The summed E-state index contributed by atoms with van der Waals surface area (Å²) in [6.07, 6.45) is 4.97. The fourth-order valence-electron chi connectivity index (χ4n) is 3.64. The molecule has 1 amide bonds. The van der Waals surface area contributed by atoms with E-state index in [1.165, 1.54) is 12.0 Å². The predicted octanol–water partition coefficient (Wildman–Crippen LogP) is 0.399. The average Bonchev–Trinajstić information content (AvgIpc) is 2.93. The van der Waals surface area contributed by atoms with E-state index in [0.717, 1.165) is 30.7 Å². The van der Waals surface area contributed by atoms with Crippen molar-refractivity contribution in [2.24, 2.45) is 0 Å². The Bertz CT molecular complexity index is 763.